The van der Waals surface area contributed by atoms with Crippen molar-refractivity contribution in [1.29, 1.82) is 10.5 Å². The Morgan fingerprint density at radius 1 is 0.537 bits per heavy atom. The Labute approximate surface area is 235 Å². The molecule has 0 saturated heterocycles. The third kappa shape index (κ3) is 3.49. The lowest BCUT2D eigenvalue weighted by atomic mass is 9.85. The number of rotatable bonds is 3. The monoisotopic (exact) mass is 521 g/mol. The average Bonchev–Trinajstić information content (AvgIpc) is 3.48. The first-order valence-corrected chi connectivity index (χ1v) is 13.3. The maximum atomic E-state index is 9.38. The lowest BCUT2D eigenvalue weighted by Crippen LogP contribution is -1.92. The molecule has 0 N–H and O–H groups in total. The number of para-hydroxylation sites is 2. The van der Waals surface area contributed by atoms with Crippen molar-refractivity contribution in [3.05, 3.63) is 126 Å². The van der Waals surface area contributed by atoms with Crippen molar-refractivity contribution < 1.29 is 4.42 Å². The van der Waals surface area contributed by atoms with Crippen LogP contribution in [0.25, 0.3) is 77.1 Å². The van der Waals surface area contributed by atoms with Crippen molar-refractivity contribution in [2.45, 2.75) is 0 Å². The van der Waals surface area contributed by atoms with Crippen molar-refractivity contribution in [3.63, 3.8) is 0 Å². The molecule has 0 saturated carbocycles. The number of hydrogen-bond donors (Lipinski definition) is 0. The molecule has 0 bridgehead atoms. The Morgan fingerprint density at radius 3 is 1.80 bits per heavy atom. The van der Waals surface area contributed by atoms with Crippen LogP contribution in [-0.2, 0) is 0 Å². The van der Waals surface area contributed by atoms with Gasteiger partial charge in [-0.25, -0.2) is 4.98 Å². The van der Waals surface area contributed by atoms with E-state index in [1.54, 1.807) is 0 Å². The lowest BCUT2D eigenvalue weighted by molar-refractivity contribution is 0.620. The van der Waals surface area contributed by atoms with Gasteiger partial charge in [-0.15, -0.1) is 0 Å². The Bertz CT molecular complexity index is 2330. The van der Waals surface area contributed by atoms with Gasteiger partial charge in [0.2, 0.25) is 5.89 Å². The fourth-order valence-corrected chi connectivity index (χ4v) is 6.00. The molecule has 1 aromatic heterocycles. The molecule has 7 aromatic carbocycles. The number of oxazole rings is 1. The highest BCUT2D eigenvalue weighted by atomic mass is 16.3. The summed E-state index contributed by atoms with van der Waals surface area (Å²) in [5, 5.41) is 25.5. The summed E-state index contributed by atoms with van der Waals surface area (Å²) in [6.07, 6.45) is 0. The van der Waals surface area contributed by atoms with Crippen LogP contribution in [0.5, 0.6) is 0 Å². The summed E-state index contributed by atoms with van der Waals surface area (Å²) in [6.45, 7) is 0. The SMILES string of the molecule is N#Cc1ccc(-c2ccc3ccc4c(-c5ccc(C#N)cc5)cc(-c5nc6ccccc6o5)c5ccc2c3c45)cc1. The topological polar surface area (TPSA) is 73.6 Å². The van der Waals surface area contributed by atoms with Crippen molar-refractivity contribution in [2.75, 3.05) is 0 Å². The molecule has 0 unspecified atom stereocenters. The van der Waals surface area contributed by atoms with Gasteiger partial charge in [-0.1, -0.05) is 72.8 Å². The van der Waals surface area contributed by atoms with Crippen molar-refractivity contribution >= 4 is 43.4 Å². The number of aromatic nitrogens is 1. The zero-order valence-electron chi connectivity index (χ0n) is 21.7. The molecule has 0 atom stereocenters. The van der Waals surface area contributed by atoms with Crippen molar-refractivity contribution in [1.82, 2.24) is 4.98 Å². The van der Waals surface area contributed by atoms with E-state index in [4.69, 9.17) is 9.40 Å². The van der Waals surface area contributed by atoms with E-state index in [-0.39, 0.29) is 0 Å². The van der Waals surface area contributed by atoms with E-state index >= 15 is 0 Å². The normalized spacial score (nSPS) is 11.4. The van der Waals surface area contributed by atoms with E-state index in [1.165, 1.54) is 5.39 Å². The van der Waals surface area contributed by atoms with Gasteiger partial charge in [-0.2, -0.15) is 10.5 Å². The quantitative estimate of drug-likeness (QED) is 0.217. The number of nitrogens with zero attached hydrogens (tertiary/aromatic N) is 3. The average molecular weight is 522 g/mol. The lowest BCUT2D eigenvalue weighted by Gasteiger charge is -2.18. The molecule has 1 heterocycles. The molecule has 4 nitrogen and oxygen atoms in total. The third-order valence-electron chi connectivity index (χ3n) is 7.96. The van der Waals surface area contributed by atoms with Gasteiger partial charge >= 0.3 is 0 Å². The largest absolute Gasteiger partial charge is 0.436 e. The van der Waals surface area contributed by atoms with Gasteiger partial charge in [0.1, 0.15) is 5.52 Å². The molecule has 188 valence electrons. The van der Waals surface area contributed by atoms with Crippen LogP contribution in [0.3, 0.4) is 0 Å². The minimum atomic E-state index is 0.575. The number of benzene rings is 7. The van der Waals surface area contributed by atoms with E-state index in [1.807, 2.05) is 72.8 Å². The first kappa shape index (κ1) is 23.0. The predicted octanol–water partition coefficient (Wildman–Crippen LogP) is 9.47. The molecule has 0 radical (unpaired) electrons. The van der Waals surface area contributed by atoms with Gasteiger partial charge in [0, 0.05) is 5.56 Å². The second-order valence-corrected chi connectivity index (χ2v) is 10.2. The van der Waals surface area contributed by atoms with Crippen LogP contribution in [0.15, 0.2) is 120 Å². The van der Waals surface area contributed by atoms with Crippen molar-refractivity contribution in [3.8, 4) is 45.8 Å². The standard InChI is InChI=1S/C37H19N3O/c38-20-22-5-9-24(10-6-22)27-15-13-26-14-16-29-31(25-11-7-23(21-39)8-12-25)19-32(30-18-17-28(27)35(26)36(29)30)37-40-33-3-1-2-4-34(33)41-37/h1-19H. The first-order valence-electron chi connectivity index (χ1n) is 13.3. The summed E-state index contributed by atoms with van der Waals surface area (Å²) in [4.78, 5) is 4.87. The van der Waals surface area contributed by atoms with Crippen LogP contribution in [0.4, 0.5) is 0 Å². The Morgan fingerprint density at radius 2 is 1.12 bits per heavy atom. The minimum absolute atomic E-state index is 0.575. The maximum absolute atomic E-state index is 9.38. The maximum Gasteiger partial charge on any atom is 0.227 e. The highest BCUT2D eigenvalue weighted by Crippen LogP contribution is 2.46. The zero-order valence-corrected chi connectivity index (χ0v) is 21.7. The Kier molecular flexibility index (Phi) is 4.92. The first-order chi connectivity index (χ1) is 20.2. The molecular formula is C37H19N3O. The number of hydrogen-bond acceptors (Lipinski definition) is 4. The highest BCUT2D eigenvalue weighted by Gasteiger charge is 2.20. The minimum Gasteiger partial charge on any atom is -0.436 e. The van der Waals surface area contributed by atoms with Gasteiger partial charge in [0.05, 0.1) is 23.3 Å². The summed E-state index contributed by atoms with van der Waals surface area (Å²) >= 11 is 0. The molecular weight excluding hydrogens is 502 g/mol. The second kappa shape index (κ2) is 8.78. The molecule has 4 heteroatoms. The highest BCUT2D eigenvalue weighted by molar-refractivity contribution is 6.29. The Hall–Kier alpha value is -5.97. The second-order valence-electron chi connectivity index (χ2n) is 10.2. The van der Waals surface area contributed by atoms with Crippen LogP contribution in [0.1, 0.15) is 11.1 Å². The van der Waals surface area contributed by atoms with Gasteiger partial charge < -0.3 is 4.42 Å². The molecule has 8 aromatic rings. The molecule has 0 aliphatic carbocycles. The zero-order chi connectivity index (χ0) is 27.5. The summed E-state index contributed by atoms with van der Waals surface area (Å²) in [6, 6.07) is 42.9. The van der Waals surface area contributed by atoms with Gasteiger partial charge in [0.15, 0.2) is 5.58 Å². The van der Waals surface area contributed by atoms with Crippen molar-refractivity contribution in [2.24, 2.45) is 0 Å². The van der Waals surface area contributed by atoms with E-state index in [2.05, 4.69) is 54.6 Å². The summed E-state index contributed by atoms with van der Waals surface area (Å²) in [5.74, 6) is 0.575. The van der Waals surface area contributed by atoms with Crippen LogP contribution in [0.2, 0.25) is 0 Å². The molecule has 0 aliphatic heterocycles. The smallest absolute Gasteiger partial charge is 0.227 e. The molecule has 41 heavy (non-hydrogen) atoms. The van der Waals surface area contributed by atoms with E-state index in [0.29, 0.717) is 17.0 Å². The molecule has 0 aliphatic rings. The number of fused-ring (bicyclic) bond motifs is 1. The van der Waals surface area contributed by atoms with Crippen LogP contribution in [-0.4, -0.2) is 4.98 Å². The number of nitriles is 2. The van der Waals surface area contributed by atoms with E-state index < -0.39 is 0 Å². The summed E-state index contributed by atoms with van der Waals surface area (Å²) in [7, 11) is 0. The molecule has 8 rings (SSSR count). The van der Waals surface area contributed by atoms with E-state index in [9.17, 15) is 10.5 Å². The van der Waals surface area contributed by atoms with Gasteiger partial charge in [-0.05, 0) is 97.0 Å². The fourth-order valence-electron chi connectivity index (χ4n) is 6.00. The third-order valence-corrected chi connectivity index (χ3v) is 7.96. The summed E-state index contributed by atoms with van der Waals surface area (Å²) in [5.41, 5.74) is 8.00. The summed E-state index contributed by atoms with van der Waals surface area (Å²) < 4.78 is 6.31. The fraction of sp³-hybridized carbons (Fsp3) is 0. The van der Waals surface area contributed by atoms with Crippen LogP contribution < -0.4 is 0 Å². The Balaban J connectivity index is 1.49. The molecule has 0 spiro atoms. The van der Waals surface area contributed by atoms with E-state index in [0.717, 1.165) is 65.8 Å². The molecule has 0 fully saturated rings. The van der Waals surface area contributed by atoms with Gasteiger partial charge in [-0.3, -0.25) is 0 Å². The molecule has 0 amide bonds. The van der Waals surface area contributed by atoms with Crippen LogP contribution >= 0.6 is 0 Å². The predicted molar refractivity (Wildman–Crippen MR) is 163 cm³/mol. The van der Waals surface area contributed by atoms with Gasteiger partial charge in [0.25, 0.3) is 0 Å². The van der Waals surface area contributed by atoms with Crippen LogP contribution in [0, 0.1) is 22.7 Å².